The maximum absolute atomic E-state index is 13.7. The zero-order chi connectivity index (χ0) is 15.6. The van der Waals surface area contributed by atoms with Gasteiger partial charge in [-0.3, -0.25) is 0 Å². The number of nitrogens with one attached hydrogen (secondary N) is 2. The zero-order valence-corrected chi connectivity index (χ0v) is 11.8. The number of halogens is 3. The minimum absolute atomic E-state index is 0.0256. The molecule has 1 aromatic heterocycles. The van der Waals surface area contributed by atoms with E-state index in [1.165, 1.54) is 6.33 Å². The summed E-state index contributed by atoms with van der Waals surface area (Å²) in [5, 5.41) is 5.54. The normalized spacial score (nSPS) is 10.8. The van der Waals surface area contributed by atoms with Crippen LogP contribution in [0.2, 0.25) is 0 Å². The van der Waals surface area contributed by atoms with Crippen molar-refractivity contribution in [3.8, 4) is 0 Å². The molecule has 2 N–H and O–H groups in total. The highest BCUT2D eigenvalue weighted by Crippen LogP contribution is 2.31. The van der Waals surface area contributed by atoms with Crippen molar-refractivity contribution in [3.05, 3.63) is 41.5 Å². The summed E-state index contributed by atoms with van der Waals surface area (Å²) in [6.45, 7) is 3.82. The van der Waals surface area contributed by atoms with Gasteiger partial charge in [-0.1, -0.05) is 13.8 Å². The summed E-state index contributed by atoms with van der Waals surface area (Å²) in [6, 6.07) is 1.37. The molecular formula is C14H15F3N4. The van der Waals surface area contributed by atoms with Crippen LogP contribution in [0.15, 0.2) is 18.5 Å². The Morgan fingerprint density at radius 2 is 1.71 bits per heavy atom. The summed E-state index contributed by atoms with van der Waals surface area (Å²) >= 11 is 0. The SMILES string of the molecule is CNc1ncnc(Nc2cc(F)cc(F)c2F)c1C(C)C. The molecule has 4 nitrogen and oxygen atoms in total. The molecule has 0 saturated heterocycles. The van der Waals surface area contributed by atoms with Gasteiger partial charge in [0.05, 0.1) is 5.69 Å². The van der Waals surface area contributed by atoms with Crippen molar-refractivity contribution in [1.29, 1.82) is 0 Å². The summed E-state index contributed by atoms with van der Waals surface area (Å²) in [5.74, 6) is -2.39. The minimum Gasteiger partial charge on any atom is -0.373 e. The average molecular weight is 296 g/mol. The molecule has 0 bridgehead atoms. The monoisotopic (exact) mass is 296 g/mol. The molecule has 2 aromatic rings. The van der Waals surface area contributed by atoms with Crippen molar-refractivity contribution in [3.63, 3.8) is 0 Å². The van der Waals surface area contributed by atoms with Gasteiger partial charge in [0.2, 0.25) is 0 Å². The molecule has 0 amide bonds. The third kappa shape index (κ3) is 3.07. The molecule has 1 heterocycles. The van der Waals surface area contributed by atoms with E-state index < -0.39 is 17.5 Å². The summed E-state index contributed by atoms with van der Waals surface area (Å²) in [6.07, 6.45) is 1.29. The molecule has 0 unspecified atom stereocenters. The summed E-state index contributed by atoms with van der Waals surface area (Å²) in [5.41, 5.74) is 0.388. The summed E-state index contributed by atoms with van der Waals surface area (Å²) in [4.78, 5) is 8.10. The second kappa shape index (κ2) is 5.99. The molecule has 112 valence electrons. The van der Waals surface area contributed by atoms with Gasteiger partial charge in [-0.15, -0.1) is 0 Å². The van der Waals surface area contributed by atoms with Crippen LogP contribution >= 0.6 is 0 Å². The first-order chi connectivity index (χ1) is 9.93. The minimum atomic E-state index is -1.26. The van der Waals surface area contributed by atoms with E-state index in [9.17, 15) is 13.2 Å². The van der Waals surface area contributed by atoms with Crippen LogP contribution in [0.5, 0.6) is 0 Å². The van der Waals surface area contributed by atoms with Crippen molar-refractivity contribution in [2.45, 2.75) is 19.8 Å². The van der Waals surface area contributed by atoms with Crippen LogP contribution in [0.3, 0.4) is 0 Å². The van der Waals surface area contributed by atoms with Crippen molar-refractivity contribution in [1.82, 2.24) is 9.97 Å². The Bertz CT molecular complexity index is 659. The van der Waals surface area contributed by atoms with E-state index in [4.69, 9.17) is 0 Å². The first-order valence-electron chi connectivity index (χ1n) is 6.38. The lowest BCUT2D eigenvalue weighted by Gasteiger charge is -2.17. The maximum Gasteiger partial charge on any atom is 0.182 e. The Morgan fingerprint density at radius 3 is 2.33 bits per heavy atom. The van der Waals surface area contributed by atoms with Crippen LogP contribution in [0.25, 0.3) is 0 Å². The van der Waals surface area contributed by atoms with Crippen molar-refractivity contribution in [2.24, 2.45) is 0 Å². The fourth-order valence-electron chi connectivity index (χ4n) is 2.02. The smallest absolute Gasteiger partial charge is 0.182 e. The molecule has 21 heavy (non-hydrogen) atoms. The molecule has 0 radical (unpaired) electrons. The number of hydrogen-bond donors (Lipinski definition) is 2. The summed E-state index contributed by atoms with van der Waals surface area (Å²) < 4.78 is 40.2. The standard InChI is InChI=1S/C14H15F3N4/c1-7(2)11-13(18-3)19-6-20-14(11)21-10-5-8(15)4-9(16)12(10)17/h4-7H,1-3H3,(H2,18,19,20,21). The zero-order valence-electron chi connectivity index (χ0n) is 11.8. The summed E-state index contributed by atoms with van der Waals surface area (Å²) in [7, 11) is 1.69. The molecule has 0 atom stereocenters. The van der Waals surface area contributed by atoms with Gasteiger partial charge in [0.15, 0.2) is 11.6 Å². The Labute approximate surface area is 120 Å². The molecule has 0 aliphatic carbocycles. The molecule has 0 fully saturated rings. The van der Waals surface area contributed by atoms with E-state index in [-0.39, 0.29) is 11.6 Å². The fourth-order valence-corrected chi connectivity index (χ4v) is 2.02. The van der Waals surface area contributed by atoms with E-state index in [0.717, 1.165) is 6.07 Å². The van der Waals surface area contributed by atoms with E-state index in [1.807, 2.05) is 13.8 Å². The fraction of sp³-hybridized carbons (Fsp3) is 0.286. The highest BCUT2D eigenvalue weighted by molar-refractivity contribution is 5.66. The first kappa shape index (κ1) is 15.1. The first-order valence-corrected chi connectivity index (χ1v) is 6.38. The quantitative estimate of drug-likeness (QED) is 0.843. The molecule has 2 rings (SSSR count). The van der Waals surface area contributed by atoms with E-state index in [2.05, 4.69) is 20.6 Å². The predicted octanol–water partition coefficient (Wildman–Crippen LogP) is 3.80. The third-order valence-corrected chi connectivity index (χ3v) is 2.94. The highest BCUT2D eigenvalue weighted by atomic mass is 19.2. The van der Waals surface area contributed by atoms with Crippen LogP contribution in [0.1, 0.15) is 25.3 Å². The number of hydrogen-bond acceptors (Lipinski definition) is 4. The molecule has 0 saturated carbocycles. The van der Waals surface area contributed by atoms with Crippen LogP contribution in [0, 0.1) is 17.5 Å². The van der Waals surface area contributed by atoms with E-state index >= 15 is 0 Å². The van der Waals surface area contributed by atoms with E-state index in [1.54, 1.807) is 7.05 Å². The van der Waals surface area contributed by atoms with Gasteiger partial charge >= 0.3 is 0 Å². The number of nitrogens with zero attached hydrogens (tertiary/aromatic N) is 2. The second-order valence-corrected chi connectivity index (χ2v) is 4.76. The van der Waals surface area contributed by atoms with Crippen LogP contribution < -0.4 is 10.6 Å². The molecule has 0 aliphatic rings. The van der Waals surface area contributed by atoms with Crippen molar-refractivity contribution in [2.75, 3.05) is 17.7 Å². The molecule has 7 heteroatoms. The number of aromatic nitrogens is 2. The maximum atomic E-state index is 13.7. The van der Waals surface area contributed by atoms with Gasteiger partial charge in [0.25, 0.3) is 0 Å². The van der Waals surface area contributed by atoms with E-state index in [0.29, 0.717) is 23.3 Å². The largest absolute Gasteiger partial charge is 0.373 e. The third-order valence-electron chi connectivity index (χ3n) is 2.94. The topological polar surface area (TPSA) is 49.8 Å². The van der Waals surface area contributed by atoms with Gasteiger partial charge in [0.1, 0.15) is 23.8 Å². The second-order valence-electron chi connectivity index (χ2n) is 4.76. The number of rotatable bonds is 4. The van der Waals surface area contributed by atoms with Gasteiger partial charge < -0.3 is 10.6 Å². The Morgan fingerprint density at radius 1 is 1.05 bits per heavy atom. The van der Waals surface area contributed by atoms with Gasteiger partial charge in [-0.25, -0.2) is 23.1 Å². The van der Waals surface area contributed by atoms with Crippen molar-refractivity contribution < 1.29 is 13.2 Å². The Balaban J connectivity index is 2.50. The number of benzene rings is 1. The molecule has 0 spiro atoms. The number of anilines is 3. The lowest BCUT2D eigenvalue weighted by atomic mass is 10.0. The van der Waals surface area contributed by atoms with Crippen LogP contribution in [-0.2, 0) is 0 Å². The molecule has 0 aliphatic heterocycles. The molecule has 1 aromatic carbocycles. The lowest BCUT2D eigenvalue weighted by Crippen LogP contribution is -2.08. The van der Waals surface area contributed by atoms with Gasteiger partial charge in [0, 0.05) is 24.7 Å². The van der Waals surface area contributed by atoms with Crippen molar-refractivity contribution >= 4 is 17.3 Å². The van der Waals surface area contributed by atoms with Crippen LogP contribution in [0.4, 0.5) is 30.5 Å². The molecular weight excluding hydrogens is 281 g/mol. The van der Waals surface area contributed by atoms with Gasteiger partial charge in [-0.2, -0.15) is 0 Å². The predicted molar refractivity (Wildman–Crippen MR) is 75.3 cm³/mol. The van der Waals surface area contributed by atoms with Crippen LogP contribution in [-0.4, -0.2) is 17.0 Å². The average Bonchev–Trinajstić information content (AvgIpc) is 2.43. The Hall–Kier alpha value is -2.31. The lowest BCUT2D eigenvalue weighted by molar-refractivity contribution is 0.498. The Kier molecular flexibility index (Phi) is 4.30. The highest BCUT2D eigenvalue weighted by Gasteiger charge is 2.17. The van der Waals surface area contributed by atoms with Gasteiger partial charge in [-0.05, 0) is 5.92 Å².